The van der Waals surface area contributed by atoms with Crippen LogP contribution in [0.5, 0.6) is 5.75 Å². The van der Waals surface area contributed by atoms with Gasteiger partial charge in [-0.25, -0.2) is 0 Å². The molecule has 0 saturated heterocycles. The van der Waals surface area contributed by atoms with Crippen molar-refractivity contribution in [3.63, 3.8) is 0 Å². The van der Waals surface area contributed by atoms with E-state index in [2.05, 4.69) is 22.8 Å². The van der Waals surface area contributed by atoms with Crippen LogP contribution in [0.15, 0.2) is 53.2 Å². The molecule has 1 aromatic carbocycles. The molecule has 0 spiro atoms. The van der Waals surface area contributed by atoms with Crippen molar-refractivity contribution in [1.82, 2.24) is 4.90 Å². The molecule has 5 rings (SSSR count). The van der Waals surface area contributed by atoms with E-state index in [-0.39, 0.29) is 24.3 Å². The van der Waals surface area contributed by atoms with Gasteiger partial charge in [-0.1, -0.05) is 18.2 Å². The van der Waals surface area contributed by atoms with Gasteiger partial charge < -0.3 is 15.0 Å². The summed E-state index contributed by atoms with van der Waals surface area (Å²) in [6, 6.07) is 13.4. The predicted octanol–water partition coefficient (Wildman–Crippen LogP) is 4.07. The summed E-state index contributed by atoms with van der Waals surface area (Å²) in [6.45, 7) is 0.653. The molecular formula is C21H18N2O3S2. The first kappa shape index (κ1) is 17.5. The molecule has 0 aliphatic carbocycles. The predicted molar refractivity (Wildman–Crippen MR) is 110 cm³/mol. The van der Waals surface area contributed by atoms with Crippen LogP contribution in [0.4, 0.5) is 5.69 Å². The van der Waals surface area contributed by atoms with Crippen molar-refractivity contribution in [3.05, 3.63) is 68.5 Å². The molecule has 7 heteroatoms. The summed E-state index contributed by atoms with van der Waals surface area (Å²) in [4.78, 5) is 30.1. The Morgan fingerprint density at radius 2 is 2.04 bits per heavy atom. The smallest absolute Gasteiger partial charge is 0.266 e. The van der Waals surface area contributed by atoms with Crippen LogP contribution in [0.3, 0.4) is 0 Å². The zero-order chi connectivity index (χ0) is 19.1. The molecular weight excluding hydrogens is 392 g/mol. The number of carbonyl (C=O) groups excluding carboxylic acids is 2. The maximum atomic E-state index is 13.2. The zero-order valence-corrected chi connectivity index (χ0v) is 16.6. The fourth-order valence-electron chi connectivity index (χ4n) is 3.84. The van der Waals surface area contributed by atoms with Gasteiger partial charge in [-0.15, -0.1) is 22.7 Å². The van der Waals surface area contributed by atoms with Crippen molar-refractivity contribution in [2.75, 3.05) is 11.9 Å². The fourth-order valence-corrected chi connectivity index (χ4v) is 5.60. The summed E-state index contributed by atoms with van der Waals surface area (Å²) in [6.07, 6.45) is 0.0677. The summed E-state index contributed by atoms with van der Waals surface area (Å²) >= 11 is 3.40. The third-order valence-corrected chi connectivity index (χ3v) is 7.09. The van der Waals surface area contributed by atoms with Gasteiger partial charge in [-0.05, 0) is 47.0 Å². The molecule has 0 unspecified atom stereocenters. The largest absolute Gasteiger partial charge is 0.478 e. The summed E-state index contributed by atoms with van der Waals surface area (Å²) in [5, 5.41) is 6.96. The van der Waals surface area contributed by atoms with E-state index in [0.717, 1.165) is 11.3 Å². The highest BCUT2D eigenvalue weighted by molar-refractivity contribution is 7.10. The third kappa shape index (κ3) is 3.00. The molecule has 2 amide bonds. The Kier molecular flexibility index (Phi) is 4.41. The van der Waals surface area contributed by atoms with Gasteiger partial charge in [0.05, 0.1) is 18.2 Å². The number of nitrogens with zero attached hydrogens (tertiary/aromatic N) is 1. The molecule has 2 aromatic heterocycles. The zero-order valence-electron chi connectivity index (χ0n) is 15.0. The minimum atomic E-state index is -0.810. The molecule has 0 radical (unpaired) electrons. The van der Waals surface area contributed by atoms with Crippen molar-refractivity contribution >= 4 is 40.2 Å². The molecule has 142 valence electrons. The number of ether oxygens (including phenoxy) is 1. The second-order valence-corrected chi connectivity index (χ2v) is 8.83. The topological polar surface area (TPSA) is 58.6 Å². The molecule has 2 aliphatic heterocycles. The number of para-hydroxylation sites is 2. The third-order valence-electron chi connectivity index (χ3n) is 5.17. The van der Waals surface area contributed by atoms with E-state index < -0.39 is 6.10 Å². The Hall–Kier alpha value is -2.64. The van der Waals surface area contributed by atoms with Crippen LogP contribution in [0.25, 0.3) is 0 Å². The van der Waals surface area contributed by atoms with Gasteiger partial charge in [0.1, 0.15) is 5.75 Å². The molecule has 1 N–H and O–H groups in total. The first-order chi connectivity index (χ1) is 13.7. The van der Waals surface area contributed by atoms with Crippen molar-refractivity contribution < 1.29 is 14.3 Å². The van der Waals surface area contributed by atoms with E-state index in [0.29, 0.717) is 18.0 Å². The number of anilines is 1. The van der Waals surface area contributed by atoms with E-state index in [1.165, 1.54) is 10.4 Å². The lowest BCUT2D eigenvalue weighted by atomic mass is 9.97. The van der Waals surface area contributed by atoms with Crippen LogP contribution in [0.1, 0.15) is 27.8 Å². The van der Waals surface area contributed by atoms with Crippen molar-refractivity contribution in [2.45, 2.75) is 25.0 Å². The fraction of sp³-hybridized carbons (Fsp3) is 0.238. The van der Waals surface area contributed by atoms with E-state index in [9.17, 15) is 9.59 Å². The molecule has 2 atom stereocenters. The van der Waals surface area contributed by atoms with Gasteiger partial charge in [0.25, 0.3) is 5.91 Å². The molecule has 0 fully saturated rings. The Morgan fingerprint density at radius 3 is 2.89 bits per heavy atom. The Bertz CT molecular complexity index is 1030. The first-order valence-electron chi connectivity index (χ1n) is 9.16. The van der Waals surface area contributed by atoms with Gasteiger partial charge in [-0.2, -0.15) is 0 Å². The molecule has 3 aromatic rings. The van der Waals surface area contributed by atoms with Gasteiger partial charge in [-0.3, -0.25) is 9.59 Å². The number of nitrogens with one attached hydrogen (secondary N) is 1. The standard InChI is InChI=1S/C21H18N2O3S2/c24-19(12-16-21(25)22-14-4-1-2-5-15(14)26-16)23-9-7-17-13(8-11-28-17)20(23)18-6-3-10-27-18/h1-6,8,10-11,16,20H,7,9,12H2,(H,22,25)/t16-,20+/m0/s1. The normalized spacial score (nSPS) is 20.7. The van der Waals surface area contributed by atoms with E-state index in [1.54, 1.807) is 34.8 Å². The maximum absolute atomic E-state index is 13.2. The van der Waals surface area contributed by atoms with Crippen molar-refractivity contribution in [3.8, 4) is 5.75 Å². The van der Waals surface area contributed by atoms with E-state index >= 15 is 0 Å². The van der Waals surface area contributed by atoms with E-state index in [1.807, 2.05) is 28.5 Å². The number of rotatable bonds is 3. The SMILES string of the molecule is O=C1Nc2ccccc2O[C@H]1CC(=O)N1CCc2sccc2[C@@H]1c1cccs1. The number of fused-ring (bicyclic) bond motifs is 2. The molecule has 5 nitrogen and oxygen atoms in total. The average Bonchev–Trinajstić information content (AvgIpc) is 3.39. The molecule has 4 heterocycles. The lowest BCUT2D eigenvalue weighted by molar-refractivity contribution is -0.138. The summed E-state index contributed by atoms with van der Waals surface area (Å²) in [5.74, 6) is 0.274. The Balaban J connectivity index is 1.40. The highest BCUT2D eigenvalue weighted by atomic mass is 32.1. The minimum Gasteiger partial charge on any atom is -0.478 e. The van der Waals surface area contributed by atoms with Crippen molar-refractivity contribution in [2.24, 2.45) is 0 Å². The second-order valence-electron chi connectivity index (χ2n) is 6.85. The van der Waals surface area contributed by atoms with Crippen LogP contribution in [-0.4, -0.2) is 29.4 Å². The van der Waals surface area contributed by atoms with Crippen LogP contribution in [-0.2, 0) is 16.0 Å². The number of thiophene rings is 2. The number of benzene rings is 1. The number of hydrogen-bond acceptors (Lipinski definition) is 5. The number of amides is 2. The molecule has 28 heavy (non-hydrogen) atoms. The van der Waals surface area contributed by atoms with E-state index in [4.69, 9.17) is 4.74 Å². The summed E-state index contributed by atoms with van der Waals surface area (Å²) in [7, 11) is 0. The summed E-state index contributed by atoms with van der Waals surface area (Å²) in [5.41, 5.74) is 1.85. The Labute approximate surface area is 170 Å². The minimum absolute atomic E-state index is 0.0293. The van der Waals surface area contributed by atoms with Crippen LogP contribution >= 0.6 is 22.7 Å². The van der Waals surface area contributed by atoms with Gasteiger partial charge in [0.15, 0.2) is 6.10 Å². The van der Waals surface area contributed by atoms with Gasteiger partial charge >= 0.3 is 0 Å². The monoisotopic (exact) mass is 410 g/mol. The van der Waals surface area contributed by atoms with Gasteiger partial charge in [0, 0.05) is 16.3 Å². The molecule has 0 bridgehead atoms. The molecule has 2 aliphatic rings. The highest BCUT2D eigenvalue weighted by Gasteiger charge is 2.37. The quantitative estimate of drug-likeness (QED) is 0.708. The number of hydrogen-bond donors (Lipinski definition) is 1. The average molecular weight is 411 g/mol. The number of carbonyl (C=O) groups is 2. The maximum Gasteiger partial charge on any atom is 0.266 e. The van der Waals surface area contributed by atoms with Crippen molar-refractivity contribution in [1.29, 1.82) is 0 Å². The second kappa shape index (κ2) is 7.07. The van der Waals surface area contributed by atoms with Crippen LogP contribution in [0, 0.1) is 0 Å². The molecule has 0 saturated carbocycles. The highest BCUT2D eigenvalue weighted by Crippen LogP contribution is 2.40. The lowest BCUT2D eigenvalue weighted by Gasteiger charge is -2.36. The Morgan fingerprint density at radius 1 is 1.14 bits per heavy atom. The first-order valence-corrected chi connectivity index (χ1v) is 10.9. The lowest BCUT2D eigenvalue weighted by Crippen LogP contribution is -2.45. The summed E-state index contributed by atoms with van der Waals surface area (Å²) < 4.78 is 5.83. The van der Waals surface area contributed by atoms with Crippen LogP contribution in [0.2, 0.25) is 0 Å². The van der Waals surface area contributed by atoms with Gasteiger partial charge in [0.2, 0.25) is 5.91 Å². The van der Waals surface area contributed by atoms with Crippen LogP contribution < -0.4 is 10.1 Å².